The maximum Gasteiger partial charge on any atom is 0.258 e. The Labute approximate surface area is 175 Å². The lowest BCUT2D eigenvalue weighted by Gasteiger charge is -2.44. The zero-order valence-electron chi connectivity index (χ0n) is 17.2. The summed E-state index contributed by atoms with van der Waals surface area (Å²) in [5, 5.41) is 10.5. The van der Waals surface area contributed by atoms with Crippen LogP contribution in [0.5, 0.6) is 5.75 Å². The summed E-state index contributed by atoms with van der Waals surface area (Å²) in [6.07, 6.45) is 3.03. The van der Waals surface area contributed by atoms with Crippen molar-refractivity contribution in [2.75, 3.05) is 18.8 Å². The SMILES string of the molecule is CCc1ccc2c(c1)C(=O)NC1(CCN(C(=O)c3cc(C)c(N)c(C=N)c3)CC1)O2. The number of aryl methyl sites for hydroxylation is 2. The molecule has 1 fully saturated rings. The van der Waals surface area contributed by atoms with E-state index in [0.29, 0.717) is 54.1 Å². The number of carbonyl (C=O) groups excluding carboxylic acids is 2. The molecule has 1 spiro atoms. The smallest absolute Gasteiger partial charge is 0.258 e. The highest BCUT2D eigenvalue weighted by Gasteiger charge is 2.43. The van der Waals surface area contributed by atoms with Crippen LogP contribution in [-0.2, 0) is 6.42 Å². The molecule has 0 radical (unpaired) electrons. The van der Waals surface area contributed by atoms with Crippen molar-refractivity contribution in [3.63, 3.8) is 0 Å². The zero-order chi connectivity index (χ0) is 21.5. The van der Waals surface area contributed by atoms with E-state index in [2.05, 4.69) is 5.32 Å². The van der Waals surface area contributed by atoms with Gasteiger partial charge in [0.15, 0.2) is 5.72 Å². The van der Waals surface area contributed by atoms with Gasteiger partial charge in [0.05, 0.1) is 5.56 Å². The van der Waals surface area contributed by atoms with Crippen LogP contribution in [0.25, 0.3) is 0 Å². The molecule has 4 rings (SSSR count). The van der Waals surface area contributed by atoms with Gasteiger partial charge < -0.3 is 26.1 Å². The monoisotopic (exact) mass is 406 g/mol. The minimum atomic E-state index is -0.786. The van der Waals surface area contributed by atoms with Gasteiger partial charge in [0.1, 0.15) is 5.75 Å². The van der Waals surface area contributed by atoms with E-state index in [9.17, 15) is 9.59 Å². The van der Waals surface area contributed by atoms with Crippen molar-refractivity contribution in [2.45, 2.75) is 38.8 Å². The fraction of sp³-hybridized carbons (Fsp3) is 0.348. The average molecular weight is 406 g/mol. The molecule has 30 heavy (non-hydrogen) atoms. The van der Waals surface area contributed by atoms with E-state index in [-0.39, 0.29) is 11.8 Å². The Morgan fingerprint density at radius 2 is 2.03 bits per heavy atom. The van der Waals surface area contributed by atoms with Crippen molar-refractivity contribution in [1.82, 2.24) is 10.2 Å². The predicted molar refractivity (Wildman–Crippen MR) is 115 cm³/mol. The van der Waals surface area contributed by atoms with Crippen molar-refractivity contribution in [1.29, 1.82) is 5.41 Å². The van der Waals surface area contributed by atoms with Crippen LogP contribution in [0.1, 0.15) is 57.2 Å². The number of fused-ring (bicyclic) bond motifs is 1. The summed E-state index contributed by atoms with van der Waals surface area (Å²) in [5.74, 6) is 0.364. The molecule has 7 nitrogen and oxygen atoms in total. The number of hydrogen-bond donors (Lipinski definition) is 3. The molecular formula is C23H26N4O3. The van der Waals surface area contributed by atoms with E-state index in [1.54, 1.807) is 17.0 Å². The van der Waals surface area contributed by atoms with Crippen LogP contribution in [-0.4, -0.2) is 41.7 Å². The highest BCUT2D eigenvalue weighted by molar-refractivity contribution is 5.99. The van der Waals surface area contributed by atoms with Crippen molar-refractivity contribution in [3.8, 4) is 5.75 Å². The van der Waals surface area contributed by atoms with Crippen LogP contribution in [0.3, 0.4) is 0 Å². The number of benzene rings is 2. The maximum absolute atomic E-state index is 13.0. The molecule has 0 bridgehead atoms. The van der Waals surface area contributed by atoms with Gasteiger partial charge in [-0.05, 0) is 48.7 Å². The van der Waals surface area contributed by atoms with Crippen molar-refractivity contribution in [2.24, 2.45) is 0 Å². The van der Waals surface area contributed by atoms with Gasteiger partial charge in [0.2, 0.25) is 0 Å². The van der Waals surface area contributed by atoms with Crippen LogP contribution in [0.15, 0.2) is 30.3 Å². The van der Waals surface area contributed by atoms with E-state index in [0.717, 1.165) is 23.8 Å². The van der Waals surface area contributed by atoms with Crippen LogP contribution in [0.2, 0.25) is 0 Å². The molecule has 2 heterocycles. The molecule has 0 unspecified atom stereocenters. The van der Waals surface area contributed by atoms with E-state index in [4.69, 9.17) is 15.9 Å². The number of amides is 2. The van der Waals surface area contributed by atoms with Crippen molar-refractivity contribution < 1.29 is 14.3 Å². The maximum atomic E-state index is 13.0. The molecule has 2 aromatic rings. The van der Waals surface area contributed by atoms with Crippen molar-refractivity contribution in [3.05, 3.63) is 58.1 Å². The van der Waals surface area contributed by atoms with Crippen LogP contribution < -0.4 is 15.8 Å². The van der Waals surface area contributed by atoms with Gasteiger partial charge in [-0.15, -0.1) is 0 Å². The van der Waals surface area contributed by atoms with Gasteiger partial charge in [0.25, 0.3) is 11.8 Å². The summed E-state index contributed by atoms with van der Waals surface area (Å²) < 4.78 is 6.22. The Kier molecular flexibility index (Phi) is 4.97. The lowest BCUT2D eigenvalue weighted by Crippen LogP contribution is -2.61. The Morgan fingerprint density at radius 3 is 2.70 bits per heavy atom. The summed E-state index contributed by atoms with van der Waals surface area (Å²) in [6.45, 7) is 4.80. The number of nitrogens with two attached hydrogens (primary N) is 1. The summed E-state index contributed by atoms with van der Waals surface area (Å²) in [6, 6.07) is 9.13. The zero-order valence-corrected chi connectivity index (χ0v) is 17.2. The predicted octanol–water partition coefficient (Wildman–Crippen LogP) is 2.89. The van der Waals surface area contributed by atoms with Gasteiger partial charge >= 0.3 is 0 Å². The molecule has 0 aromatic heterocycles. The minimum absolute atomic E-state index is 0.105. The number of anilines is 1. The van der Waals surface area contributed by atoms with Crippen LogP contribution >= 0.6 is 0 Å². The first-order valence-electron chi connectivity index (χ1n) is 10.2. The molecule has 4 N–H and O–H groups in total. The third-order valence-electron chi connectivity index (χ3n) is 6.02. The third kappa shape index (κ3) is 3.40. The van der Waals surface area contributed by atoms with Gasteiger partial charge in [-0.2, -0.15) is 0 Å². The second-order valence-electron chi connectivity index (χ2n) is 7.97. The molecule has 2 aliphatic heterocycles. The Balaban J connectivity index is 1.50. The third-order valence-corrected chi connectivity index (χ3v) is 6.02. The number of nitrogens with zero attached hydrogens (tertiary/aromatic N) is 1. The van der Waals surface area contributed by atoms with E-state index >= 15 is 0 Å². The summed E-state index contributed by atoms with van der Waals surface area (Å²) in [4.78, 5) is 27.5. The molecule has 0 aliphatic carbocycles. The number of hydrogen-bond acceptors (Lipinski definition) is 5. The Morgan fingerprint density at radius 1 is 1.30 bits per heavy atom. The van der Waals surface area contributed by atoms with Crippen LogP contribution in [0, 0.1) is 12.3 Å². The second kappa shape index (κ2) is 7.48. The number of ether oxygens (including phenoxy) is 1. The first-order chi connectivity index (χ1) is 14.4. The number of rotatable bonds is 3. The molecular weight excluding hydrogens is 380 g/mol. The van der Waals surface area contributed by atoms with E-state index in [1.165, 1.54) is 0 Å². The van der Waals surface area contributed by atoms with Crippen LogP contribution in [0.4, 0.5) is 5.69 Å². The summed E-state index contributed by atoms with van der Waals surface area (Å²) in [7, 11) is 0. The van der Waals surface area contributed by atoms with Gasteiger partial charge in [-0.25, -0.2) is 0 Å². The number of likely N-dealkylation sites (tertiary alicyclic amines) is 1. The van der Waals surface area contributed by atoms with Gasteiger partial charge in [0, 0.05) is 49.0 Å². The van der Waals surface area contributed by atoms with Crippen molar-refractivity contribution >= 4 is 23.7 Å². The molecule has 2 aliphatic rings. The number of carbonyl (C=O) groups is 2. The summed E-state index contributed by atoms with van der Waals surface area (Å²) in [5.41, 5.74) is 9.19. The fourth-order valence-corrected chi connectivity index (χ4v) is 4.12. The average Bonchev–Trinajstić information content (AvgIpc) is 2.75. The number of nitrogens with one attached hydrogen (secondary N) is 2. The molecule has 7 heteroatoms. The number of nitrogen functional groups attached to an aromatic ring is 1. The lowest BCUT2D eigenvalue weighted by atomic mass is 9.95. The second-order valence-corrected chi connectivity index (χ2v) is 7.97. The Bertz CT molecular complexity index is 1040. The molecule has 2 aromatic carbocycles. The number of piperidine rings is 1. The lowest BCUT2D eigenvalue weighted by molar-refractivity contribution is -0.0245. The molecule has 2 amide bonds. The molecule has 156 valence electrons. The largest absolute Gasteiger partial charge is 0.467 e. The molecule has 1 saturated heterocycles. The Hall–Kier alpha value is -3.35. The summed E-state index contributed by atoms with van der Waals surface area (Å²) >= 11 is 0. The fourth-order valence-electron chi connectivity index (χ4n) is 4.12. The van der Waals surface area contributed by atoms with E-state index in [1.807, 2.05) is 32.0 Å². The molecule has 0 saturated carbocycles. The standard InChI is InChI=1S/C23H26N4O3/c1-3-15-4-5-19-18(11-15)21(28)26-23(30-19)6-8-27(9-7-23)22(29)16-10-14(2)20(25)17(12-16)13-24/h4-5,10-13,24H,3,6-9,25H2,1-2H3,(H,26,28). The normalized spacial score (nSPS) is 17.1. The van der Waals surface area contributed by atoms with E-state index < -0.39 is 5.72 Å². The highest BCUT2D eigenvalue weighted by Crippen LogP contribution is 2.34. The highest BCUT2D eigenvalue weighted by atomic mass is 16.5. The van der Waals surface area contributed by atoms with Gasteiger partial charge in [-0.3, -0.25) is 9.59 Å². The minimum Gasteiger partial charge on any atom is -0.467 e. The van der Waals surface area contributed by atoms with Gasteiger partial charge in [-0.1, -0.05) is 13.0 Å². The first-order valence-corrected chi connectivity index (χ1v) is 10.2. The quantitative estimate of drug-likeness (QED) is 0.538. The topological polar surface area (TPSA) is 109 Å². The molecule has 0 atom stereocenters. The first kappa shape index (κ1) is 19.9.